The lowest BCUT2D eigenvalue weighted by atomic mass is 9.68. The summed E-state index contributed by atoms with van der Waals surface area (Å²) >= 11 is 3.74. The molecule has 0 saturated heterocycles. The second-order valence-corrected chi connectivity index (χ2v) is 25.9. The molecule has 2 heterocycles. The lowest BCUT2D eigenvalue weighted by Crippen LogP contribution is -2.26. The number of benzene rings is 15. The van der Waals surface area contributed by atoms with Gasteiger partial charge in [-0.15, -0.1) is 22.7 Å². The van der Waals surface area contributed by atoms with Crippen LogP contribution in [0.15, 0.2) is 315 Å². The van der Waals surface area contributed by atoms with Crippen molar-refractivity contribution in [3.8, 4) is 44.5 Å². The molecule has 0 unspecified atom stereocenters. The van der Waals surface area contributed by atoms with Crippen molar-refractivity contribution in [1.29, 1.82) is 0 Å². The van der Waals surface area contributed by atoms with E-state index in [1.165, 1.54) is 151 Å². The molecule has 0 atom stereocenters. The first kappa shape index (κ1) is 50.3. The summed E-state index contributed by atoms with van der Waals surface area (Å²) in [4.78, 5) is 4.84. The van der Waals surface area contributed by atoms with Crippen molar-refractivity contribution in [3.05, 3.63) is 338 Å². The summed E-state index contributed by atoms with van der Waals surface area (Å²) in [6, 6.07) is 118. The molecule has 4 heteroatoms. The van der Waals surface area contributed by atoms with E-state index in [2.05, 4.69) is 325 Å². The fourth-order valence-electron chi connectivity index (χ4n) is 15.5. The molecule has 0 N–H and O–H groups in total. The lowest BCUT2D eigenvalue weighted by Gasteiger charge is -2.32. The van der Waals surface area contributed by atoms with Gasteiger partial charge in [-0.1, -0.05) is 231 Å². The molecule has 15 aromatic carbocycles. The van der Waals surface area contributed by atoms with Gasteiger partial charge >= 0.3 is 0 Å². The van der Waals surface area contributed by atoms with E-state index in [0.29, 0.717) is 0 Å². The van der Waals surface area contributed by atoms with E-state index in [4.69, 9.17) is 0 Å². The van der Waals surface area contributed by atoms with Gasteiger partial charge in [-0.2, -0.15) is 0 Å². The van der Waals surface area contributed by atoms with E-state index >= 15 is 0 Å². The molecule has 0 radical (unpaired) electrons. The standard InChI is InChI=1S/C85H52N2S2/c1-3-19-58(20-4-1)86(76-33-17-29-70-66-26-11-15-35-78(66)88-83(70)76)60-44-37-53(38-45-60)55-41-48-62-57(51-55)43-50-72-80-68-28-8-7-23-63(68)73-52-56(42-49-69(73)82(80)85(81(62)72)74-31-13-9-24-64(74)65-25-10-14-32-75(65)85)54-39-46-61(47-40-54)87(59-21-5-2-6-22-59)77-34-18-30-71-67-27-12-16-36-79(67)89-84(71)77/h1-52H. The Morgan fingerprint density at radius 3 is 1.25 bits per heavy atom. The Kier molecular flexibility index (Phi) is 11.1. The molecule has 2 aromatic heterocycles. The molecule has 0 saturated carbocycles. The summed E-state index contributed by atoms with van der Waals surface area (Å²) in [5, 5.41) is 12.8. The fraction of sp³-hybridized carbons (Fsp3) is 0.0118. The molecule has 89 heavy (non-hydrogen) atoms. The first-order valence-electron chi connectivity index (χ1n) is 30.6. The monoisotopic (exact) mass is 1160 g/mol. The Bertz CT molecular complexity index is 5700. The van der Waals surface area contributed by atoms with Crippen LogP contribution >= 0.6 is 22.7 Å². The molecule has 19 rings (SSSR count). The summed E-state index contributed by atoms with van der Waals surface area (Å²) in [6.45, 7) is 0. The van der Waals surface area contributed by atoms with Crippen LogP contribution < -0.4 is 9.80 Å². The highest BCUT2D eigenvalue weighted by atomic mass is 32.1. The molecule has 414 valence electrons. The number of nitrogens with zero attached hydrogens (tertiary/aromatic N) is 2. The molecular formula is C85H52N2S2. The summed E-state index contributed by atoms with van der Waals surface area (Å²) in [7, 11) is 0. The molecule has 2 aliphatic carbocycles. The Morgan fingerprint density at radius 2 is 0.685 bits per heavy atom. The van der Waals surface area contributed by atoms with Gasteiger partial charge in [-0.05, 0) is 184 Å². The Hall–Kier alpha value is -10.9. The summed E-state index contributed by atoms with van der Waals surface area (Å²) in [5.74, 6) is 0. The highest BCUT2D eigenvalue weighted by Gasteiger charge is 2.54. The second kappa shape index (κ2) is 19.6. The number of fused-ring (bicyclic) bond motifs is 23. The maximum Gasteiger partial charge on any atom is 0.0737 e. The summed E-state index contributed by atoms with van der Waals surface area (Å²) in [5.41, 5.74) is 21.7. The minimum absolute atomic E-state index is 0.595. The van der Waals surface area contributed by atoms with Crippen molar-refractivity contribution in [2.24, 2.45) is 0 Å². The van der Waals surface area contributed by atoms with Gasteiger partial charge in [0, 0.05) is 53.7 Å². The van der Waals surface area contributed by atoms with Crippen molar-refractivity contribution >= 4 is 129 Å². The molecule has 0 bridgehead atoms. The van der Waals surface area contributed by atoms with E-state index in [1.807, 2.05) is 22.7 Å². The normalized spacial score (nSPS) is 12.8. The van der Waals surface area contributed by atoms with Crippen molar-refractivity contribution < 1.29 is 0 Å². The zero-order chi connectivity index (χ0) is 58.3. The van der Waals surface area contributed by atoms with Gasteiger partial charge in [0.1, 0.15) is 0 Å². The topological polar surface area (TPSA) is 6.48 Å². The Morgan fingerprint density at radius 1 is 0.247 bits per heavy atom. The van der Waals surface area contributed by atoms with Crippen molar-refractivity contribution in [2.75, 3.05) is 9.80 Å². The van der Waals surface area contributed by atoms with E-state index < -0.39 is 5.41 Å². The Balaban J connectivity index is 0.754. The molecular weight excluding hydrogens is 1110 g/mol. The number of rotatable bonds is 8. The van der Waals surface area contributed by atoms with Gasteiger partial charge in [0.15, 0.2) is 0 Å². The zero-order valence-corrected chi connectivity index (χ0v) is 49.9. The third kappa shape index (κ3) is 7.36. The van der Waals surface area contributed by atoms with Crippen molar-refractivity contribution in [2.45, 2.75) is 5.41 Å². The van der Waals surface area contributed by atoms with E-state index in [9.17, 15) is 0 Å². The third-order valence-electron chi connectivity index (χ3n) is 19.2. The first-order valence-corrected chi connectivity index (χ1v) is 32.3. The average Bonchev–Trinajstić information content (AvgIpc) is 1.50. The van der Waals surface area contributed by atoms with Crippen LogP contribution in [0.1, 0.15) is 22.3 Å². The van der Waals surface area contributed by atoms with Gasteiger partial charge in [-0.25, -0.2) is 0 Å². The first-order chi connectivity index (χ1) is 44.2. The summed E-state index contributed by atoms with van der Waals surface area (Å²) < 4.78 is 5.17. The van der Waals surface area contributed by atoms with E-state index in [0.717, 1.165) is 22.7 Å². The number of hydrogen-bond donors (Lipinski definition) is 0. The zero-order valence-electron chi connectivity index (χ0n) is 48.2. The molecule has 0 fully saturated rings. The second-order valence-electron chi connectivity index (χ2n) is 23.8. The molecule has 17 aromatic rings. The van der Waals surface area contributed by atoms with Crippen molar-refractivity contribution in [3.63, 3.8) is 0 Å². The number of hydrogen-bond acceptors (Lipinski definition) is 4. The van der Waals surface area contributed by atoms with Crippen LogP contribution in [0.4, 0.5) is 34.1 Å². The smallest absolute Gasteiger partial charge is 0.0737 e. The van der Waals surface area contributed by atoms with Crippen LogP contribution in [-0.4, -0.2) is 0 Å². The van der Waals surface area contributed by atoms with E-state index in [-0.39, 0.29) is 0 Å². The number of para-hydroxylation sites is 2. The minimum Gasteiger partial charge on any atom is -0.309 e. The molecule has 0 amide bonds. The minimum atomic E-state index is -0.595. The van der Waals surface area contributed by atoms with E-state index in [1.54, 1.807) is 0 Å². The largest absolute Gasteiger partial charge is 0.309 e. The predicted octanol–water partition coefficient (Wildman–Crippen LogP) is 24.5. The number of thiophene rings is 2. The van der Waals surface area contributed by atoms with Crippen molar-refractivity contribution in [1.82, 2.24) is 0 Å². The molecule has 2 aliphatic rings. The maximum atomic E-state index is 2.47. The van der Waals surface area contributed by atoms with Crippen LogP contribution in [-0.2, 0) is 5.41 Å². The number of anilines is 6. The Labute approximate surface area is 523 Å². The maximum absolute atomic E-state index is 2.47. The molecule has 0 aliphatic heterocycles. The van der Waals surface area contributed by atoms with Gasteiger partial charge in [0.25, 0.3) is 0 Å². The van der Waals surface area contributed by atoms with Gasteiger partial charge < -0.3 is 9.80 Å². The highest BCUT2D eigenvalue weighted by molar-refractivity contribution is 7.26. The van der Waals surface area contributed by atoms with Crippen LogP contribution in [0.2, 0.25) is 0 Å². The summed E-state index contributed by atoms with van der Waals surface area (Å²) in [6.07, 6.45) is 0. The predicted molar refractivity (Wildman–Crippen MR) is 381 cm³/mol. The van der Waals surface area contributed by atoms with Crippen LogP contribution in [0.25, 0.3) is 117 Å². The molecule has 1 spiro atoms. The van der Waals surface area contributed by atoms with Crippen LogP contribution in [0.3, 0.4) is 0 Å². The quantitative estimate of drug-likeness (QED) is 0.140. The van der Waals surface area contributed by atoms with Crippen LogP contribution in [0, 0.1) is 0 Å². The average molecular weight is 1170 g/mol. The SMILES string of the molecule is c1ccc(N(c2ccc(-c3ccc4c5c(ccc4c3)-c3c(c4ccc(-c6ccc(N(c7ccccc7)c7cccc8c7sc7ccccc78)cc6)cc4c4ccccc34)C53c4ccccc4-c4ccccc43)cc2)c2cccc3c2sc2ccccc23)cc1. The highest BCUT2D eigenvalue weighted by Crippen LogP contribution is 2.67. The third-order valence-corrected chi connectivity index (χ3v) is 21.6. The fourth-order valence-corrected chi connectivity index (χ4v) is 17.9. The molecule has 2 nitrogen and oxygen atoms in total. The van der Waals surface area contributed by atoms with Gasteiger partial charge in [-0.3, -0.25) is 0 Å². The lowest BCUT2D eigenvalue weighted by molar-refractivity contribution is 0.809. The van der Waals surface area contributed by atoms with Gasteiger partial charge in [0.05, 0.1) is 26.2 Å². The van der Waals surface area contributed by atoms with Crippen LogP contribution in [0.5, 0.6) is 0 Å². The van der Waals surface area contributed by atoms with Gasteiger partial charge in [0.2, 0.25) is 0 Å².